The Morgan fingerprint density at radius 2 is 1.43 bits per heavy atom. The Hall–Kier alpha value is -2.19. The van der Waals surface area contributed by atoms with E-state index in [2.05, 4.69) is 40.3 Å². The fourth-order valence-electron chi connectivity index (χ4n) is 2.25. The molecule has 2 nitrogen and oxygen atoms in total. The summed E-state index contributed by atoms with van der Waals surface area (Å²) in [6.45, 7) is 0. The summed E-state index contributed by atoms with van der Waals surface area (Å²) in [5.41, 5.74) is 5.76. The van der Waals surface area contributed by atoms with E-state index in [4.69, 9.17) is 11.6 Å². The van der Waals surface area contributed by atoms with Crippen molar-refractivity contribution >= 4 is 11.6 Å². The quantitative estimate of drug-likeness (QED) is 0.663. The number of nitrogens with zero attached hydrogens (tertiary/aromatic N) is 2. The normalized spacial score (nSPS) is 10.5. The molecule has 0 atom stereocenters. The standard InChI is InChI=1S/C18H15ClN2/c19-13-15-3-1-14(2-4-15)11-18-12-17(7-10-21-18)16-5-8-20-9-6-16/h1-10,12H,11,13H2. The first-order valence-electron chi connectivity index (χ1n) is 6.84. The average molecular weight is 295 g/mol. The first-order valence-corrected chi connectivity index (χ1v) is 7.38. The smallest absolute Gasteiger partial charge is 0.0474 e. The van der Waals surface area contributed by atoms with Gasteiger partial charge in [0, 0.05) is 36.6 Å². The van der Waals surface area contributed by atoms with Crippen molar-refractivity contribution in [3.05, 3.63) is 83.9 Å². The van der Waals surface area contributed by atoms with Gasteiger partial charge in [-0.3, -0.25) is 9.97 Å². The molecule has 21 heavy (non-hydrogen) atoms. The van der Waals surface area contributed by atoms with Gasteiger partial charge >= 0.3 is 0 Å². The Balaban J connectivity index is 1.83. The number of aromatic nitrogens is 2. The van der Waals surface area contributed by atoms with E-state index in [0.717, 1.165) is 23.2 Å². The number of hydrogen-bond donors (Lipinski definition) is 0. The number of benzene rings is 1. The van der Waals surface area contributed by atoms with Crippen LogP contribution in [0.3, 0.4) is 0 Å². The van der Waals surface area contributed by atoms with Crippen LogP contribution in [0.1, 0.15) is 16.8 Å². The topological polar surface area (TPSA) is 25.8 Å². The molecule has 0 bridgehead atoms. The van der Waals surface area contributed by atoms with E-state index in [1.54, 1.807) is 12.4 Å². The fraction of sp³-hybridized carbons (Fsp3) is 0.111. The van der Waals surface area contributed by atoms with Crippen LogP contribution in [-0.4, -0.2) is 9.97 Å². The van der Waals surface area contributed by atoms with Gasteiger partial charge in [0.25, 0.3) is 0 Å². The first-order chi connectivity index (χ1) is 10.3. The fourth-order valence-corrected chi connectivity index (χ4v) is 2.43. The van der Waals surface area contributed by atoms with Gasteiger partial charge in [-0.2, -0.15) is 0 Å². The van der Waals surface area contributed by atoms with Crippen LogP contribution in [0.15, 0.2) is 67.1 Å². The highest BCUT2D eigenvalue weighted by atomic mass is 35.5. The predicted octanol–water partition coefficient (Wildman–Crippen LogP) is 4.47. The molecular weight excluding hydrogens is 280 g/mol. The van der Waals surface area contributed by atoms with E-state index in [1.165, 1.54) is 11.1 Å². The Morgan fingerprint density at radius 1 is 0.762 bits per heavy atom. The van der Waals surface area contributed by atoms with Gasteiger partial charge in [-0.1, -0.05) is 24.3 Å². The monoisotopic (exact) mass is 294 g/mol. The molecule has 0 spiro atoms. The van der Waals surface area contributed by atoms with Crippen LogP contribution in [0.4, 0.5) is 0 Å². The Bertz CT molecular complexity index is 709. The molecule has 0 saturated heterocycles. The van der Waals surface area contributed by atoms with Gasteiger partial charge < -0.3 is 0 Å². The van der Waals surface area contributed by atoms with E-state index in [0.29, 0.717) is 5.88 Å². The Morgan fingerprint density at radius 3 is 2.14 bits per heavy atom. The predicted molar refractivity (Wildman–Crippen MR) is 86.3 cm³/mol. The zero-order valence-electron chi connectivity index (χ0n) is 11.5. The van der Waals surface area contributed by atoms with Crippen molar-refractivity contribution in [1.82, 2.24) is 9.97 Å². The molecule has 1 aromatic carbocycles. The zero-order chi connectivity index (χ0) is 14.5. The minimum absolute atomic E-state index is 0.552. The lowest BCUT2D eigenvalue weighted by atomic mass is 10.0. The van der Waals surface area contributed by atoms with Crippen LogP contribution in [0, 0.1) is 0 Å². The zero-order valence-corrected chi connectivity index (χ0v) is 12.3. The van der Waals surface area contributed by atoms with Crippen molar-refractivity contribution in [2.24, 2.45) is 0 Å². The minimum atomic E-state index is 0.552. The van der Waals surface area contributed by atoms with Gasteiger partial charge in [0.05, 0.1) is 0 Å². The van der Waals surface area contributed by atoms with E-state index in [9.17, 15) is 0 Å². The molecule has 3 heteroatoms. The van der Waals surface area contributed by atoms with E-state index < -0.39 is 0 Å². The molecule has 0 aliphatic heterocycles. The molecule has 0 aliphatic carbocycles. The van der Waals surface area contributed by atoms with Gasteiger partial charge in [0.1, 0.15) is 0 Å². The number of rotatable bonds is 4. The third-order valence-electron chi connectivity index (χ3n) is 3.39. The van der Waals surface area contributed by atoms with Crippen LogP contribution in [0.2, 0.25) is 0 Å². The Kier molecular flexibility index (Phi) is 4.27. The van der Waals surface area contributed by atoms with Crippen LogP contribution >= 0.6 is 11.6 Å². The molecule has 0 aliphatic rings. The Labute approximate surface area is 129 Å². The molecule has 3 aromatic rings. The molecule has 0 radical (unpaired) electrons. The molecule has 3 rings (SSSR count). The lowest BCUT2D eigenvalue weighted by Crippen LogP contribution is -1.93. The molecule has 2 heterocycles. The van der Waals surface area contributed by atoms with E-state index >= 15 is 0 Å². The average Bonchev–Trinajstić information content (AvgIpc) is 2.57. The summed E-state index contributed by atoms with van der Waals surface area (Å²) in [6.07, 6.45) is 6.29. The summed E-state index contributed by atoms with van der Waals surface area (Å²) >= 11 is 5.81. The van der Waals surface area contributed by atoms with E-state index in [-0.39, 0.29) is 0 Å². The summed E-state index contributed by atoms with van der Waals surface area (Å²) in [5, 5.41) is 0. The van der Waals surface area contributed by atoms with Crippen LogP contribution < -0.4 is 0 Å². The van der Waals surface area contributed by atoms with Crippen molar-refractivity contribution < 1.29 is 0 Å². The second-order valence-corrected chi connectivity index (χ2v) is 5.17. The molecule has 0 amide bonds. The minimum Gasteiger partial charge on any atom is -0.265 e. The van der Waals surface area contributed by atoms with Crippen molar-refractivity contribution in [1.29, 1.82) is 0 Å². The second-order valence-electron chi connectivity index (χ2n) is 4.90. The highest BCUT2D eigenvalue weighted by Gasteiger charge is 2.02. The van der Waals surface area contributed by atoms with Gasteiger partial charge in [-0.25, -0.2) is 0 Å². The summed E-state index contributed by atoms with van der Waals surface area (Å²) in [6, 6.07) is 16.5. The lowest BCUT2D eigenvalue weighted by Gasteiger charge is -2.05. The third-order valence-corrected chi connectivity index (χ3v) is 3.70. The van der Waals surface area contributed by atoms with Gasteiger partial charge in [-0.05, 0) is 46.5 Å². The highest BCUT2D eigenvalue weighted by molar-refractivity contribution is 6.17. The highest BCUT2D eigenvalue weighted by Crippen LogP contribution is 2.19. The summed E-state index contributed by atoms with van der Waals surface area (Å²) in [7, 11) is 0. The molecule has 104 valence electrons. The maximum absolute atomic E-state index is 5.81. The third kappa shape index (κ3) is 3.47. The SMILES string of the molecule is ClCc1ccc(Cc2cc(-c3ccncc3)ccn2)cc1. The number of alkyl halides is 1. The second kappa shape index (κ2) is 6.51. The number of halogens is 1. The van der Waals surface area contributed by atoms with Crippen LogP contribution in [0.25, 0.3) is 11.1 Å². The largest absolute Gasteiger partial charge is 0.265 e. The summed E-state index contributed by atoms with van der Waals surface area (Å²) in [5.74, 6) is 0.552. The molecule has 0 saturated carbocycles. The van der Waals surface area contributed by atoms with Crippen molar-refractivity contribution in [2.75, 3.05) is 0 Å². The van der Waals surface area contributed by atoms with Gasteiger partial charge in [0.2, 0.25) is 0 Å². The number of hydrogen-bond acceptors (Lipinski definition) is 2. The maximum atomic E-state index is 5.81. The molecular formula is C18H15ClN2. The van der Waals surface area contributed by atoms with Crippen molar-refractivity contribution in [2.45, 2.75) is 12.3 Å². The molecule has 2 aromatic heterocycles. The van der Waals surface area contributed by atoms with Crippen LogP contribution in [-0.2, 0) is 12.3 Å². The molecule has 0 fully saturated rings. The summed E-state index contributed by atoms with van der Waals surface area (Å²) in [4.78, 5) is 8.51. The first kappa shape index (κ1) is 13.8. The van der Waals surface area contributed by atoms with Crippen molar-refractivity contribution in [3.8, 4) is 11.1 Å². The number of pyridine rings is 2. The van der Waals surface area contributed by atoms with Crippen LogP contribution in [0.5, 0.6) is 0 Å². The maximum Gasteiger partial charge on any atom is 0.0474 e. The van der Waals surface area contributed by atoms with Gasteiger partial charge in [-0.15, -0.1) is 11.6 Å². The molecule has 0 unspecified atom stereocenters. The van der Waals surface area contributed by atoms with E-state index in [1.807, 2.05) is 24.4 Å². The summed E-state index contributed by atoms with van der Waals surface area (Å²) < 4.78 is 0. The van der Waals surface area contributed by atoms with Gasteiger partial charge in [0.15, 0.2) is 0 Å². The lowest BCUT2D eigenvalue weighted by molar-refractivity contribution is 1.07. The molecule has 0 N–H and O–H groups in total. The van der Waals surface area contributed by atoms with Crippen molar-refractivity contribution in [3.63, 3.8) is 0 Å².